The minimum atomic E-state index is -4.57. The first-order valence-electron chi connectivity index (χ1n) is 3.80. The summed E-state index contributed by atoms with van der Waals surface area (Å²) in [6.07, 6.45) is -2.67. The summed E-state index contributed by atoms with van der Waals surface area (Å²) < 4.78 is 47.0. The van der Waals surface area contributed by atoms with Crippen LogP contribution in [0, 0.1) is 10.1 Å². The Morgan fingerprint density at radius 2 is 2.06 bits per heavy atom. The summed E-state index contributed by atoms with van der Waals surface area (Å²) >= 11 is 2.64. The van der Waals surface area contributed by atoms with E-state index in [2.05, 4.69) is 26.1 Å². The van der Waals surface area contributed by atoms with Crippen LogP contribution in [0.2, 0.25) is 0 Å². The van der Waals surface area contributed by atoms with Gasteiger partial charge in [0.25, 0.3) is 22.1 Å². The van der Waals surface area contributed by atoms with Crippen LogP contribution in [-0.2, 0) is 10.0 Å². The molecule has 0 spiro atoms. The molecule has 1 heterocycles. The van der Waals surface area contributed by atoms with Crippen molar-refractivity contribution in [3.63, 3.8) is 0 Å². The van der Waals surface area contributed by atoms with Gasteiger partial charge < -0.3 is 0 Å². The van der Waals surface area contributed by atoms with Crippen LogP contribution < -0.4 is 5.14 Å². The van der Waals surface area contributed by atoms with Gasteiger partial charge in [0.1, 0.15) is 10.0 Å². The molecule has 7 nitrogen and oxygen atoms in total. The van der Waals surface area contributed by atoms with Crippen LogP contribution in [0.5, 0.6) is 0 Å². The number of alkyl halides is 2. The van der Waals surface area contributed by atoms with E-state index in [0.717, 1.165) is 6.20 Å². The van der Waals surface area contributed by atoms with E-state index >= 15 is 0 Å². The number of nitrogens with zero attached hydrogens (tertiary/aromatic N) is 2. The molecule has 1 aromatic heterocycles. The molecule has 0 amide bonds. The number of hydrogen-bond donors (Lipinski definition) is 1. The fourth-order valence-electron chi connectivity index (χ4n) is 1.08. The summed E-state index contributed by atoms with van der Waals surface area (Å²) in [7, 11) is -4.57. The number of hydrogen-bond acceptors (Lipinski definition) is 5. The van der Waals surface area contributed by atoms with Gasteiger partial charge >= 0.3 is 0 Å². The minimum absolute atomic E-state index is 0.356. The molecule has 0 aliphatic heterocycles. The summed E-state index contributed by atoms with van der Waals surface area (Å²) in [5.74, 6) is 0. The molecular formula is C6H4BrF2N3O4S. The number of sulfonamides is 1. The second-order valence-corrected chi connectivity index (χ2v) is 5.11. The first-order valence-corrected chi connectivity index (χ1v) is 6.14. The van der Waals surface area contributed by atoms with Gasteiger partial charge in [0, 0.05) is 6.20 Å². The highest BCUT2D eigenvalue weighted by atomic mass is 79.9. The van der Waals surface area contributed by atoms with E-state index in [4.69, 9.17) is 0 Å². The molecule has 1 aromatic rings. The lowest BCUT2D eigenvalue weighted by molar-refractivity contribution is -0.387. The highest BCUT2D eigenvalue weighted by Crippen LogP contribution is 2.37. The van der Waals surface area contributed by atoms with E-state index in [0.29, 0.717) is 0 Å². The number of nitrogens with two attached hydrogens (primary N) is 1. The van der Waals surface area contributed by atoms with Crippen LogP contribution in [0.4, 0.5) is 14.5 Å². The fraction of sp³-hybridized carbons (Fsp3) is 0.167. The van der Waals surface area contributed by atoms with Crippen LogP contribution >= 0.6 is 15.9 Å². The van der Waals surface area contributed by atoms with Crippen LogP contribution in [0.15, 0.2) is 15.7 Å². The normalized spacial score (nSPS) is 11.8. The Hall–Kier alpha value is -1.20. The molecular weight excluding hydrogens is 328 g/mol. The van der Waals surface area contributed by atoms with Crippen molar-refractivity contribution in [2.75, 3.05) is 0 Å². The van der Waals surface area contributed by atoms with Crippen LogP contribution in [0.25, 0.3) is 0 Å². The van der Waals surface area contributed by atoms with Gasteiger partial charge in [-0.05, 0) is 15.9 Å². The van der Waals surface area contributed by atoms with Crippen LogP contribution in [0.1, 0.15) is 12.0 Å². The lowest BCUT2D eigenvalue weighted by atomic mass is 10.2. The van der Waals surface area contributed by atoms with Gasteiger partial charge in [-0.15, -0.1) is 0 Å². The van der Waals surface area contributed by atoms with Gasteiger partial charge in [0.05, 0.1) is 4.92 Å². The van der Waals surface area contributed by atoms with Gasteiger partial charge in [-0.1, -0.05) is 0 Å². The zero-order valence-electron chi connectivity index (χ0n) is 7.80. The molecule has 2 N–H and O–H groups in total. The fourth-order valence-corrected chi connectivity index (χ4v) is 2.24. The average Bonchev–Trinajstić information content (AvgIpc) is 2.14. The summed E-state index contributed by atoms with van der Waals surface area (Å²) in [4.78, 5) is 12.6. The molecule has 0 radical (unpaired) electrons. The molecule has 0 saturated carbocycles. The molecule has 0 unspecified atom stereocenters. The molecule has 0 aliphatic rings. The van der Waals surface area contributed by atoms with Gasteiger partial charge in [-0.3, -0.25) is 10.1 Å². The Morgan fingerprint density at radius 3 is 2.41 bits per heavy atom. The Morgan fingerprint density at radius 1 is 1.53 bits per heavy atom. The molecule has 0 saturated heterocycles. The lowest BCUT2D eigenvalue weighted by Gasteiger charge is -2.07. The predicted molar refractivity (Wildman–Crippen MR) is 54.9 cm³/mol. The molecule has 0 fully saturated rings. The first-order chi connectivity index (χ1) is 7.66. The van der Waals surface area contributed by atoms with E-state index < -0.39 is 37.6 Å². The van der Waals surface area contributed by atoms with E-state index in [1.165, 1.54) is 0 Å². The number of pyridine rings is 1. The zero-order chi connectivity index (χ0) is 13.4. The quantitative estimate of drug-likeness (QED) is 0.662. The summed E-state index contributed by atoms with van der Waals surface area (Å²) in [6, 6.07) is 0. The summed E-state index contributed by atoms with van der Waals surface area (Å²) in [6.45, 7) is 0. The highest BCUT2D eigenvalue weighted by Gasteiger charge is 2.33. The van der Waals surface area contributed by atoms with Gasteiger partial charge in [0.2, 0.25) is 0 Å². The molecule has 94 valence electrons. The summed E-state index contributed by atoms with van der Waals surface area (Å²) in [5.41, 5.74) is -2.40. The third-order valence-electron chi connectivity index (χ3n) is 1.68. The Labute approximate surface area is 102 Å². The maximum Gasteiger partial charge on any atom is 0.296 e. The molecule has 1 rings (SSSR count). The van der Waals surface area contributed by atoms with Gasteiger partial charge in [0.15, 0.2) is 5.03 Å². The lowest BCUT2D eigenvalue weighted by Crippen LogP contribution is -2.18. The van der Waals surface area contributed by atoms with Crippen molar-refractivity contribution in [1.82, 2.24) is 4.98 Å². The van der Waals surface area contributed by atoms with Crippen molar-refractivity contribution in [3.05, 3.63) is 26.3 Å². The predicted octanol–water partition coefficient (Wildman–Crippen LogP) is 1.34. The van der Waals surface area contributed by atoms with E-state index in [1.807, 2.05) is 0 Å². The third-order valence-corrected chi connectivity index (χ3v) is 3.12. The highest BCUT2D eigenvalue weighted by molar-refractivity contribution is 9.10. The number of halogens is 3. The molecule has 0 aliphatic carbocycles. The molecule has 0 aromatic carbocycles. The number of primary sulfonamides is 1. The largest absolute Gasteiger partial charge is 0.296 e. The van der Waals surface area contributed by atoms with Gasteiger partial charge in [-0.25, -0.2) is 27.3 Å². The second kappa shape index (κ2) is 4.58. The third kappa shape index (κ3) is 2.73. The van der Waals surface area contributed by atoms with Crippen molar-refractivity contribution in [3.8, 4) is 0 Å². The summed E-state index contributed by atoms with van der Waals surface area (Å²) in [5, 5.41) is 14.1. The second-order valence-electron chi connectivity index (χ2n) is 2.78. The Kier molecular flexibility index (Phi) is 3.74. The van der Waals surface area contributed by atoms with Crippen molar-refractivity contribution in [2.24, 2.45) is 5.14 Å². The zero-order valence-corrected chi connectivity index (χ0v) is 10.2. The standard InChI is InChI=1S/C6H4BrF2N3O4S/c7-2-1-11-6(17(10,15)16)3(5(8)9)4(2)12(13)14/h1,5H,(H2,10,15,16). The average molecular weight is 332 g/mol. The minimum Gasteiger partial charge on any atom is -0.258 e. The number of aromatic nitrogens is 1. The monoisotopic (exact) mass is 331 g/mol. The van der Waals surface area contributed by atoms with E-state index in [9.17, 15) is 27.3 Å². The van der Waals surface area contributed by atoms with Crippen molar-refractivity contribution >= 4 is 31.6 Å². The van der Waals surface area contributed by atoms with Gasteiger partial charge in [-0.2, -0.15) is 0 Å². The number of nitro groups is 1. The van der Waals surface area contributed by atoms with Crippen LogP contribution in [-0.4, -0.2) is 18.3 Å². The molecule has 0 atom stereocenters. The Bertz CT molecular complexity index is 577. The maximum absolute atomic E-state index is 12.7. The van der Waals surface area contributed by atoms with E-state index in [1.54, 1.807) is 0 Å². The van der Waals surface area contributed by atoms with Crippen molar-refractivity contribution < 1.29 is 22.1 Å². The Balaban J connectivity index is 3.78. The SMILES string of the molecule is NS(=O)(=O)c1ncc(Br)c([N+](=O)[O-])c1C(F)F. The first kappa shape index (κ1) is 13.9. The molecule has 17 heavy (non-hydrogen) atoms. The maximum atomic E-state index is 12.7. The topological polar surface area (TPSA) is 116 Å². The molecule has 11 heteroatoms. The van der Waals surface area contributed by atoms with Crippen molar-refractivity contribution in [2.45, 2.75) is 11.5 Å². The smallest absolute Gasteiger partial charge is 0.258 e. The number of rotatable bonds is 3. The van der Waals surface area contributed by atoms with E-state index in [-0.39, 0.29) is 4.47 Å². The molecule has 0 bridgehead atoms. The van der Waals surface area contributed by atoms with Crippen LogP contribution in [0.3, 0.4) is 0 Å². The van der Waals surface area contributed by atoms with Crippen molar-refractivity contribution in [1.29, 1.82) is 0 Å².